The van der Waals surface area contributed by atoms with E-state index in [1.54, 1.807) is 0 Å². The van der Waals surface area contributed by atoms with Crippen LogP contribution in [0.4, 0.5) is 5.69 Å². The van der Waals surface area contributed by atoms with Crippen LogP contribution in [0.25, 0.3) is 0 Å². The molecule has 1 saturated heterocycles. The molecule has 1 heterocycles. The fourth-order valence-electron chi connectivity index (χ4n) is 3.38. The van der Waals surface area contributed by atoms with E-state index in [4.69, 9.17) is 5.73 Å². The molecule has 3 rings (SSSR count). The summed E-state index contributed by atoms with van der Waals surface area (Å²) in [5, 5.41) is 9.24. The predicted octanol–water partition coefficient (Wildman–Crippen LogP) is 2.49. The van der Waals surface area contributed by atoms with Gasteiger partial charge in [0, 0.05) is 23.6 Å². The molecule has 1 saturated carbocycles. The number of nitriles is 1. The zero-order valence-electron chi connectivity index (χ0n) is 10.1. The van der Waals surface area contributed by atoms with Gasteiger partial charge in [-0.3, -0.25) is 0 Å². The monoisotopic (exact) mass is 305 g/mol. The number of hydrogen-bond donors (Lipinski definition) is 1. The van der Waals surface area contributed by atoms with Gasteiger partial charge in [0.05, 0.1) is 11.3 Å². The van der Waals surface area contributed by atoms with Crippen LogP contribution in [-0.2, 0) is 0 Å². The summed E-state index contributed by atoms with van der Waals surface area (Å²) in [6.07, 6.45) is 2.40. The molecule has 3 atom stereocenters. The Hall–Kier alpha value is -1.05. The number of hydrogen-bond acceptors (Lipinski definition) is 3. The Bertz CT molecular complexity index is 508. The van der Waals surface area contributed by atoms with Crippen molar-refractivity contribution in [2.24, 2.45) is 17.6 Å². The Balaban J connectivity index is 1.87. The van der Waals surface area contributed by atoms with E-state index in [2.05, 4.69) is 26.9 Å². The topological polar surface area (TPSA) is 53.0 Å². The SMILES string of the molecule is N#Cc1cc(Br)ccc1N1CC2CCC(N)C2C1. The molecule has 3 unspecified atom stereocenters. The summed E-state index contributed by atoms with van der Waals surface area (Å²) in [7, 11) is 0. The second kappa shape index (κ2) is 4.56. The maximum absolute atomic E-state index is 9.24. The van der Waals surface area contributed by atoms with Gasteiger partial charge in [-0.1, -0.05) is 15.9 Å². The summed E-state index contributed by atoms with van der Waals surface area (Å²) in [6, 6.07) is 8.57. The summed E-state index contributed by atoms with van der Waals surface area (Å²) in [5.74, 6) is 1.33. The predicted molar refractivity (Wildman–Crippen MR) is 75.3 cm³/mol. The molecule has 2 N–H and O–H groups in total. The molecular weight excluding hydrogens is 290 g/mol. The fraction of sp³-hybridized carbons (Fsp3) is 0.500. The molecule has 0 radical (unpaired) electrons. The minimum Gasteiger partial charge on any atom is -0.370 e. The van der Waals surface area contributed by atoms with Crippen molar-refractivity contribution >= 4 is 21.6 Å². The van der Waals surface area contributed by atoms with E-state index in [0.29, 0.717) is 12.0 Å². The first-order chi connectivity index (χ1) is 8.69. The van der Waals surface area contributed by atoms with E-state index in [9.17, 15) is 5.26 Å². The van der Waals surface area contributed by atoms with Gasteiger partial charge in [-0.05, 0) is 42.9 Å². The average molecular weight is 306 g/mol. The van der Waals surface area contributed by atoms with Crippen LogP contribution in [0.2, 0.25) is 0 Å². The number of halogens is 1. The third-order valence-corrected chi connectivity index (χ3v) is 4.83. The van der Waals surface area contributed by atoms with Crippen molar-refractivity contribution in [3.05, 3.63) is 28.2 Å². The van der Waals surface area contributed by atoms with Gasteiger partial charge in [0.2, 0.25) is 0 Å². The van der Waals surface area contributed by atoms with Crippen LogP contribution in [0, 0.1) is 23.2 Å². The van der Waals surface area contributed by atoms with Gasteiger partial charge in [0.15, 0.2) is 0 Å². The van der Waals surface area contributed by atoms with E-state index in [-0.39, 0.29) is 0 Å². The number of rotatable bonds is 1. The summed E-state index contributed by atoms with van der Waals surface area (Å²) >= 11 is 3.41. The Morgan fingerprint density at radius 2 is 2.17 bits per heavy atom. The maximum Gasteiger partial charge on any atom is 0.101 e. The minimum absolute atomic E-state index is 0.348. The van der Waals surface area contributed by atoms with Gasteiger partial charge < -0.3 is 10.6 Å². The highest BCUT2D eigenvalue weighted by atomic mass is 79.9. The van der Waals surface area contributed by atoms with E-state index >= 15 is 0 Å². The molecule has 2 fully saturated rings. The summed E-state index contributed by atoms with van der Waals surface area (Å²) < 4.78 is 0.957. The van der Waals surface area contributed by atoms with Crippen molar-refractivity contribution in [1.82, 2.24) is 0 Å². The van der Waals surface area contributed by atoms with Gasteiger partial charge in [0.1, 0.15) is 6.07 Å². The van der Waals surface area contributed by atoms with Crippen molar-refractivity contribution in [3.63, 3.8) is 0 Å². The molecule has 2 aliphatic rings. The van der Waals surface area contributed by atoms with Crippen molar-refractivity contribution < 1.29 is 0 Å². The number of anilines is 1. The molecule has 4 heteroatoms. The zero-order valence-corrected chi connectivity index (χ0v) is 11.7. The van der Waals surface area contributed by atoms with Gasteiger partial charge >= 0.3 is 0 Å². The third-order valence-electron chi connectivity index (χ3n) is 4.33. The van der Waals surface area contributed by atoms with Crippen molar-refractivity contribution in [2.45, 2.75) is 18.9 Å². The molecule has 1 aliphatic carbocycles. The van der Waals surface area contributed by atoms with Crippen molar-refractivity contribution in [2.75, 3.05) is 18.0 Å². The highest BCUT2D eigenvalue weighted by molar-refractivity contribution is 9.10. The van der Waals surface area contributed by atoms with E-state index < -0.39 is 0 Å². The first kappa shape index (κ1) is 12.0. The Kier molecular flexibility index (Phi) is 3.04. The number of benzene rings is 1. The number of fused-ring (bicyclic) bond motifs is 1. The highest BCUT2D eigenvalue weighted by Gasteiger charge is 2.41. The third kappa shape index (κ3) is 1.92. The molecule has 0 amide bonds. The Morgan fingerprint density at radius 1 is 1.33 bits per heavy atom. The van der Waals surface area contributed by atoms with Crippen molar-refractivity contribution in [3.8, 4) is 6.07 Å². The molecule has 0 spiro atoms. The number of nitrogens with zero attached hydrogens (tertiary/aromatic N) is 2. The van der Waals surface area contributed by atoms with Crippen LogP contribution in [0.3, 0.4) is 0 Å². The summed E-state index contributed by atoms with van der Waals surface area (Å²) in [5.41, 5.74) is 7.96. The lowest BCUT2D eigenvalue weighted by Gasteiger charge is -2.22. The standard InChI is InChI=1S/C14H16BrN3/c15-11-2-4-14(10(5-11)6-16)18-7-9-1-3-13(17)12(9)8-18/h2,4-5,9,12-13H,1,3,7-8,17H2. The molecule has 18 heavy (non-hydrogen) atoms. The van der Waals surface area contributed by atoms with E-state index in [1.807, 2.05) is 18.2 Å². The molecule has 3 nitrogen and oxygen atoms in total. The summed E-state index contributed by atoms with van der Waals surface area (Å²) in [6.45, 7) is 2.05. The lowest BCUT2D eigenvalue weighted by atomic mass is 9.98. The van der Waals surface area contributed by atoms with Gasteiger partial charge in [-0.15, -0.1) is 0 Å². The average Bonchev–Trinajstić information content (AvgIpc) is 2.92. The number of nitrogens with two attached hydrogens (primary N) is 1. The first-order valence-electron chi connectivity index (χ1n) is 6.39. The molecule has 1 aliphatic heterocycles. The quantitative estimate of drug-likeness (QED) is 0.867. The lowest BCUT2D eigenvalue weighted by Crippen LogP contribution is -2.30. The van der Waals surface area contributed by atoms with Crippen LogP contribution >= 0.6 is 15.9 Å². The largest absolute Gasteiger partial charge is 0.370 e. The van der Waals surface area contributed by atoms with E-state index in [0.717, 1.165) is 41.2 Å². The van der Waals surface area contributed by atoms with Crippen LogP contribution in [0.5, 0.6) is 0 Å². The van der Waals surface area contributed by atoms with Crippen LogP contribution in [0.1, 0.15) is 18.4 Å². The normalized spacial score (nSPS) is 30.3. The Labute approximate surface area is 116 Å². The second-order valence-corrected chi connectivity index (χ2v) is 6.26. The molecule has 0 bridgehead atoms. The fourth-order valence-corrected chi connectivity index (χ4v) is 3.74. The maximum atomic E-state index is 9.24. The molecular formula is C14H16BrN3. The first-order valence-corrected chi connectivity index (χ1v) is 7.18. The molecule has 94 valence electrons. The van der Waals surface area contributed by atoms with Gasteiger partial charge in [-0.2, -0.15) is 5.26 Å². The zero-order chi connectivity index (χ0) is 12.7. The van der Waals surface area contributed by atoms with Crippen LogP contribution in [-0.4, -0.2) is 19.1 Å². The smallest absolute Gasteiger partial charge is 0.101 e. The molecule has 0 aromatic heterocycles. The molecule has 1 aromatic carbocycles. The van der Waals surface area contributed by atoms with Crippen LogP contribution < -0.4 is 10.6 Å². The van der Waals surface area contributed by atoms with E-state index in [1.165, 1.54) is 6.42 Å². The highest BCUT2D eigenvalue weighted by Crippen LogP contribution is 2.40. The summed E-state index contributed by atoms with van der Waals surface area (Å²) in [4.78, 5) is 2.33. The van der Waals surface area contributed by atoms with Gasteiger partial charge in [0.25, 0.3) is 0 Å². The minimum atomic E-state index is 0.348. The molecule has 1 aromatic rings. The van der Waals surface area contributed by atoms with Crippen LogP contribution in [0.15, 0.2) is 22.7 Å². The Morgan fingerprint density at radius 3 is 2.89 bits per heavy atom. The second-order valence-electron chi connectivity index (χ2n) is 5.34. The van der Waals surface area contributed by atoms with Crippen molar-refractivity contribution in [1.29, 1.82) is 5.26 Å². The lowest BCUT2D eigenvalue weighted by molar-refractivity contribution is 0.453. The van der Waals surface area contributed by atoms with Gasteiger partial charge in [-0.25, -0.2) is 0 Å².